The molecule has 0 aliphatic carbocycles. The SMILES string of the molecule is C=C1CCO[C@]2(C(=O)[C@@](C)(O)CO)NC(=O)[C@@]1(O)NC2=O. The molecule has 3 aliphatic rings. The van der Waals surface area contributed by atoms with Crippen molar-refractivity contribution in [3.8, 4) is 0 Å². The largest absolute Gasteiger partial charge is 0.393 e. The summed E-state index contributed by atoms with van der Waals surface area (Å²) in [6, 6.07) is 0. The van der Waals surface area contributed by atoms with Crippen LogP contribution in [0.3, 0.4) is 0 Å². The molecular formula is C12H16N2O7. The highest BCUT2D eigenvalue weighted by Crippen LogP contribution is 2.30. The lowest BCUT2D eigenvalue weighted by molar-refractivity contribution is -0.196. The number of rotatable bonds is 3. The van der Waals surface area contributed by atoms with Crippen LogP contribution in [-0.4, -0.2) is 63.2 Å². The molecule has 0 saturated carbocycles. The number of hydrogen-bond acceptors (Lipinski definition) is 7. The average molecular weight is 300 g/mol. The van der Waals surface area contributed by atoms with E-state index in [0.29, 0.717) is 0 Å². The number of carbonyl (C=O) groups excluding carboxylic acids is 3. The quantitative estimate of drug-likeness (QED) is 0.274. The van der Waals surface area contributed by atoms with E-state index in [4.69, 9.17) is 9.84 Å². The summed E-state index contributed by atoms with van der Waals surface area (Å²) in [7, 11) is 0. The number of aliphatic hydroxyl groups is 3. The van der Waals surface area contributed by atoms with E-state index >= 15 is 0 Å². The first-order valence-electron chi connectivity index (χ1n) is 6.18. The van der Waals surface area contributed by atoms with Gasteiger partial charge in [-0.3, -0.25) is 14.4 Å². The third kappa shape index (κ3) is 2.05. The molecule has 21 heavy (non-hydrogen) atoms. The van der Waals surface area contributed by atoms with Gasteiger partial charge in [0.2, 0.25) is 11.5 Å². The summed E-state index contributed by atoms with van der Waals surface area (Å²) < 4.78 is 5.17. The number of nitrogens with one attached hydrogen (secondary N) is 2. The maximum atomic E-state index is 12.3. The molecule has 0 unspecified atom stereocenters. The summed E-state index contributed by atoms with van der Waals surface area (Å²) in [5, 5.41) is 33.0. The van der Waals surface area contributed by atoms with Crippen LogP contribution < -0.4 is 10.6 Å². The summed E-state index contributed by atoms with van der Waals surface area (Å²) in [5.74, 6) is -3.49. The lowest BCUT2D eigenvalue weighted by atomic mass is 9.86. The molecule has 9 heteroatoms. The average Bonchev–Trinajstić information content (AvgIpc) is 2.42. The van der Waals surface area contributed by atoms with Gasteiger partial charge in [0.05, 0.1) is 13.2 Å². The Morgan fingerprint density at radius 3 is 2.62 bits per heavy atom. The summed E-state index contributed by atoms with van der Waals surface area (Å²) in [6.07, 6.45) is 0.0144. The van der Waals surface area contributed by atoms with Crippen LogP contribution in [-0.2, 0) is 19.1 Å². The number of piperazine rings is 1. The zero-order chi connectivity index (χ0) is 16.1. The molecule has 3 atom stereocenters. The van der Waals surface area contributed by atoms with E-state index in [-0.39, 0.29) is 18.6 Å². The summed E-state index contributed by atoms with van der Waals surface area (Å²) in [4.78, 5) is 36.5. The number of aliphatic hydroxyl groups excluding tert-OH is 1. The van der Waals surface area contributed by atoms with Gasteiger partial charge in [0.15, 0.2) is 0 Å². The second-order valence-corrected chi connectivity index (χ2v) is 5.26. The van der Waals surface area contributed by atoms with Gasteiger partial charge in [-0.1, -0.05) is 6.58 Å². The van der Waals surface area contributed by atoms with Crippen LogP contribution in [0, 0.1) is 0 Å². The molecule has 3 heterocycles. The van der Waals surface area contributed by atoms with Gasteiger partial charge in [0.25, 0.3) is 17.5 Å². The molecule has 116 valence electrons. The van der Waals surface area contributed by atoms with Gasteiger partial charge in [-0.2, -0.15) is 0 Å². The van der Waals surface area contributed by atoms with Crippen LogP contribution in [0.4, 0.5) is 0 Å². The molecule has 5 N–H and O–H groups in total. The van der Waals surface area contributed by atoms with Gasteiger partial charge in [0, 0.05) is 0 Å². The van der Waals surface area contributed by atoms with E-state index in [1.807, 2.05) is 10.6 Å². The zero-order valence-electron chi connectivity index (χ0n) is 11.3. The van der Waals surface area contributed by atoms with Crippen LogP contribution in [0.25, 0.3) is 0 Å². The van der Waals surface area contributed by atoms with Gasteiger partial charge in [-0.05, 0) is 18.9 Å². The number of amides is 2. The molecule has 0 spiro atoms. The Morgan fingerprint density at radius 2 is 2.05 bits per heavy atom. The Kier molecular flexibility index (Phi) is 3.41. The van der Waals surface area contributed by atoms with Crippen LogP contribution >= 0.6 is 0 Å². The van der Waals surface area contributed by atoms with Gasteiger partial charge in [-0.25, -0.2) is 0 Å². The molecule has 2 bridgehead atoms. The maximum absolute atomic E-state index is 12.3. The first kappa shape index (κ1) is 15.6. The fraction of sp³-hybridized carbons (Fsp3) is 0.583. The monoisotopic (exact) mass is 300 g/mol. The molecule has 3 rings (SSSR count). The molecule has 0 aromatic heterocycles. The minimum absolute atomic E-state index is 0.00279. The highest BCUT2D eigenvalue weighted by atomic mass is 16.5. The van der Waals surface area contributed by atoms with Gasteiger partial charge >= 0.3 is 0 Å². The second-order valence-electron chi connectivity index (χ2n) is 5.26. The molecule has 0 radical (unpaired) electrons. The molecule has 0 aromatic rings. The molecule has 2 amide bonds. The number of ether oxygens (including phenoxy) is 1. The first-order chi connectivity index (χ1) is 9.60. The van der Waals surface area contributed by atoms with E-state index < -0.39 is 41.3 Å². The van der Waals surface area contributed by atoms with Crippen molar-refractivity contribution in [2.45, 2.75) is 30.4 Å². The third-order valence-electron chi connectivity index (χ3n) is 3.58. The van der Waals surface area contributed by atoms with Crippen molar-refractivity contribution in [3.63, 3.8) is 0 Å². The normalized spacial score (nSPS) is 35.3. The Bertz CT molecular complexity index is 544. The van der Waals surface area contributed by atoms with Crippen molar-refractivity contribution in [3.05, 3.63) is 12.2 Å². The van der Waals surface area contributed by atoms with Crippen LogP contribution in [0.15, 0.2) is 12.2 Å². The number of ketones is 1. The van der Waals surface area contributed by atoms with E-state index in [0.717, 1.165) is 6.92 Å². The van der Waals surface area contributed by atoms with Crippen LogP contribution in [0.5, 0.6) is 0 Å². The fourth-order valence-corrected chi connectivity index (χ4v) is 2.15. The van der Waals surface area contributed by atoms with Gasteiger partial charge in [0.1, 0.15) is 5.60 Å². The van der Waals surface area contributed by atoms with Crippen molar-refractivity contribution in [2.24, 2.45) is 0 Å². The second kappa shape index (κ2) is 4.60. The van der Waals surface area contributed by atoms with E-state index in [1.165, 1.54) is 0 Å². The van der Waals surface area contributed by atoms with Crippen LogP contribution in [0.1, 0.15) is 13.3 Å². The predicted octanol–water partition coefficient (Wildman–Crippen LogP) is -3.09. The molecule has 0 aromatic carbocycles. The molecule has 3 saturated heterocycles. The van der Waals surface area contributed by atoms with Crippen molar-refractivity contribution in [1.29, 1.82) is 0 Å². The summed E-state index contributed by atoms with van der Waals surface area (Å²) in [5.41, 5.74) is -7.15. The highest BCUT2D eigenvalue weighted by Gasteiger charge is 2.63. The lowest BCUT2D eigenvalue weighted by Crippen LogP contribution is -2.81. The Balaban J connectivity index is 2.50. The van der Waals surface area contributed by atoms with Gasteiger partial charge < -0.3 is 30.7 Å². The van der Waals surface area contributed by atoms with Gasteiger partial charge in [-0.15, -0.1) is 0 Å². The first-order valence-corrected chi connectivity index (χ1v) is 6.18. The maximum Gasteiger partial charge on any atom is 0.285 e. The predicted molar refractivity (Wildman–Crippen MR) is 66.4 cm³/mol. The lowest BCUT2D eigenvalue weighted by Gasteiger charge is -2.46. The molecule has 3 fully saturated rings. The van der Waals surface area contributed by atoms with Crippen molar-refractivity contribution < 1.29 is 34.4 Å². The molecular weight excluding hydrogens is 284 g/mol. The third-order valence-corrected chi connectivity index (χ3v) is 3.58. The van der Waals surface area contributed by atoms with E-state index in [9.17, 15) is 24.6 Å². The van der Waals surface area contributed by atoms with E-state index in [2.05, 4.69) is 6.58 Å². The number of Topliss-reactive ketones (excluding diaryl/α,β-unsaturated/α-hetero) is 1. The van der Waals surface area contributed by atoms with Crippen molar-refractivity contribution >= 4 is 17.6 Å². The van der Waals surface area contributed by atoms with Crippen LogP contribution in [0.2, 0.25) is 0 Å². The Hall–Kier alpha value is -1.81. The van der Waals surface area contributed by atoms with Crippen molar-refractivity contribution in [2.75, 3.05) is 13.2 Å². The number of hydrogen-bond donors (Lipinski definition) is 5. The smallest absolute Gasteiger partial charge is 0.285 e. The summed E-state index contributed by atoms with van der Waals surface area (Å²) in [6.45, 7) is 3.31. The summed E-state index contributed by atoms with van der Waals surface area (Å²) >= 11 is 0. The van der Waals surface area contributed by atoms with Crippen molar-refractivity contribution in [1.82, 2.24) is 10.6 Å². The highest BCUT2D eigenvalue weighted by molar-refractivity contribution is 6.18. The standard InChI is InChI=1S/C12H16N2O7/c1-6-3-4-21-12(7(16)10(2,19)5-15)9(18)13-11(6,20)8(17)14-12/h15,19-20H,1,3-5H2,2H3,(H,13,18)(H,14,17)/t10-,11+,12-/m0/s1. The molecule has 9 nitrogen and oxygen atoms in total. The minimum Gasteiger partial charge on any atom is -0.393 e. The topological polar surface area (TPSA) is 145 Å². The van der Waals surface area contributed by atoms with E-state index in [1.54, 1.807) is 0 Å². The minimum atomic E-state index is -2.50. The molecule has 3 aliphatic heterocycles. The fourth-order valence-electron chi connectivity index (χ4n) is 2.15. The Morgan fingerprint density at radius 1 is 1.43 bits per heavy atom. The Labute approximate surface area is 119 Å². The zero-order valence-corrected chi connectivity index (χ0v) is 11.3. The number of fused-ring (bicyclic) bond motifs is 5. The number of carbonyl (C=O) groups is 3.